The summed E-state index contributed by atoms with van der Waals surface area (Å²) in [4.78, 5) is 14.4. The summed E-state index contributed by atoms with van der Waals surface area (Å²) in [6.07, 6.45) is 0. The van der Waals surface area contributed by atoms with E-state index in [1.54, 1.807) is 0 Å². The molecule has 5 rings (SSSR count). The summed E-state index contributed by atoms with van der Waals surface area (Å²) in [5.74, 6) is 1.65. The van der Waals surface area contributed by atoms with E-state index in [0.29, 0.717) is 0 Å². The first kappa shape index (κ1) is 19.6. The maximum absolute atomic E-state index is 6.17. The highest BCUT2D eigenvalue weighted by atomic mass is 35.5. The third-order valence-corrected chi connectivity index (χ3v) is 5.87. The molecule has 156 valence electrons. The van der Waals surface area contributed by atoms with Crippen molar-refractivity contribution in [3.63, 3.8) is 0 Å². The van der Waals surface area contributed by atoms with Crippen molar-refractivity contribution in [1.82, 2.24) is 9.97 Å². The first-order valence-corrected chi connectivity index (χ1v) is 10.9. The number of piperazine rings is 1. The van der Waals surface area contributed by atoms with Crippen LogP contribution < -0.4 is 15.1 Å². The van der Waals surface area contributed by atoms with E-state index in [-0.39, 0.29) is 0 Å². The molecule has 1 fully saturated rings. The normalized spacial score (nSPS) is 14.1. The van der Waals surface area contributed by atoms with Crippen LogP contribution in [-0.2, 0) is 6.54 Å². The predicted molar refractivity (Wildman–Crippen MR) is 129 cm³/mol. The Hall–Kier alpha value is -3.31. The molecule has 1 aromatic heterocycles. The van der Waals surface area contributed by atoms with Gasteiger partial charge in [-0.25, -0.2) is 4.98 Å². The SMILES string of the molecule is Clc1cccc(N2CCN(c3nc(NCc4ccccc4)c4ccccc4n3)CC2)c1. The Bertz CT molecular complexity index is 1170. The van der Waals surface area contributed by atoms with Crippen molar-refractivity contribution < 1.29 is 0 Å². The number of fused-ring (bicyclic) bond motifs is 1. The number of hydrogen-bond donors (Lipinski definition) is 1. The molecule has 0 saturated carbocycles. The Labute approximate surface area is 187 Å². The highest BCUT2D eigenvalue weighted by Crippen LogP contribution is 2.26. The minimum absolute atomic E-state index is 0.726. The largest absolute Gasteiger partial charge is 0.368 e. The van der Waals surface area contributed by atoms with Gasteiger partial charge in [0.15, 0.2) is 0 Å². The summed E-state index contributed by atoms with van der Waals surface area (Å²) < 4.78 is 0. The summed E-state index contributed by atoms with van der Waals surface area (Å²) >= 11 is 6.17. The molecule has 1 aliphatic heterocycles. The minimum Gasteiger partial charge on any atom is -0.368 e. The van der Waals surface area contributed by atoms with Gasteiger partial charge in [-0.15, -0.1) is 0 Å². The van der Waals surface area contributed by atoms with Crippen LogP contribution in [0.25, 0.3) is 10.9 Å². The molecule has 0 spiro atoms. The van der Waals surface area contributed by atoms with Crippen LogP contribution in [0.2, 0.25) is 5.02 Å². The standard InChI is InChI=1S/C25H24ClN5/c26-20-9-6-10-21(17-20)30-13-15-31(16-14-30)25-28-23-12-5-4-11-22(23)24(29-25)27-18-19-7-2-1-3-8-19/h1-12,17H,13-16,18H2,(H,27,28,29). The Kier molecular flexibility index (Phi) is 5.59. The topological polar surface area (TPSA) is 44.3 Å². The molecular formula is C25H24ClN5. The van der Waals surface area contributed by atoms with Crippen LogP contribution in [0.15, 0.2) is 78.9 Å². The maximum Gasteiger partial charge on any atom is 0.228 e. The lowest BCUT2D eigenvalue weighted by Crippen LogP contribution is -2.47. The molecule has 4 aromatic rings. The second-order valence-electron chi connectivity index (χ2n) is 7.68. The highest BCUT2D eigenvalue weighted by Gasteiger charge is 2.21. The van der Waals surface area contributed by atoms with E-state index in [1.807, 2.05) is 36.4 Å². The Morgan fingerprint density at radius 3 is 2.32 bits per heavy atom. The minimum atomic E-state index is 0.726. The lowest BCUT2D eigenvalue weighted by atomic mass is 10.2. The van der Waals surface area contributed by atoms with Gasteiger partial charge in [0.1, 0.15) is 5.82 Å². The molecule has 0 amide bonds. The van der Waals surface area contributed by atoms with Gasteiger partial charge in [0.25, 0.3) is 0 Å². The van der Waals surface area contributed by atoms with Gasteiger partial charge in [-0.05, 0) is 35.9 Å². The van der Waals surface area contributed by atoms with Crippen molar-refractivity contribution in [2.75, 3.05) is 41.3 Å². The second kappa shape index (κ2) is 8.82. The van der Waals surface area contributed by atoms with Gasteiger partial charge in [0.2, 0.25) is 5.95 Å². The van der Waals surface area contributed by atoms with Gasteiger partial charge >= 0.3 is 0 Å². The molecular weight excluding hydrogens is 406 g/mol. The summed E-state index contributed by atoms with van der Waals surface area (Å²) in [5, 5.41) is 5.33. The third kappa shape index (κ3) is 4.42. The Morgan fingerprint density at radius 1 is 0.774 bits per heavy atom. The van der Waals surface area contributed by atoms with E-state index in [4.69, 9.17) is 21.6 Å². The van der Waals surface area contributed by atoms with Crippen molar-refractivity contribution in [2.24, 2.45) is 0 Å². The molecule has 0 bridgehead atoms. The first-order chi connectivity index (χ1) is 15.3. The molecule has 0 radical (unpaired) electrons. The zero-order valence-electron chi connectivity index (χ0n) is 17.2. The molecule has 0 atom stereocenters. The van der Waals surface area contributed by atoms with Crippen LogP contribution in [0, 0.1) is 0 Å². The van der Waals surface area contributed by atoms with Crippen LogP contribution in [0.3, 0.4) is 0 Å². The summed E-state index contributed by atoms with van der Waals surface area (Å²) in [7, 11) is 0. The van der Waals surface area contributed by atoms with E-state index in [0.717, 1.165) is 66.1 Å². The number of nitrogens with one attached hydrogen (secondary N) is 1. The van der Waals surface area contributed by atoms with Crippen molar-refractivity contribution in [1.29, 1.82) is 0 Å². The molecule has 6 heteroatoms. The van der Waals surface area contributed by atoms with Crippen LogP contribution in [-0.4, -0.2) is 36.1 Å². The number of benzene rings is 3. The number of hydrogen-bond acceptors (Lipinski definition) is 5. The zero-order chi connectivity index (χ0) is 21.0. The van der Waals surface area contributed by atoms with Gasteiger partial charge in [-0.3, -0.25) is 0 Å². The number of halogens is 1. The van der Waals surface area contributed by atoms with Gasteiger partial charge in [-0.2, -0.15) is 4.98 Å². The number of para-hydroxylation sites is 1. The quantitative estimate of drug-likeness (QED) is 0.471. The Balaban J connectivity index is 1.36. The lowest BCUT2D eigenvalue weighted by Gasteiger charge is -2.36. The smallest absolute Gasteiger partial charge is 0.228 e. The van der Waals surface area contributed by atoms with Gasteiger partial charge in [-0.1, -0.05) is 60.1 Å². The van der Waals surface area contributed by atoms with Crippen molar-refractivity contribution in [3.05, 3.63) is 89.4 Å². The van der Waals surface area contributed by atoms with Crippen molar-refractivity contribution in [2.45, 2.75) is 6.54 Å². The number of anilines is 3. The van der Waals surface area contributed by atoms with Crippen LogP contribution in [0.5, 0.6) is 0 Å². The van der Waals surface area contributed by atoms with E-state index in [2.05, 4.69) is 57.6 Å². The van der Waals surface area contributed by atoms with E-state index < -0.39 is 0 Å². The van der Waals surface area contributed by atoms with Gasteiger partial charge in [0, 0.05) is 48.8 Å². The molecule has 2 heterocycles. The Morgan fingerprint density at radius 2 is 1.52 bits per heavy atom. The van der Waals surface area contributed by atoms with Crippen LogP contribution >= 0.6 is 11.6 Å². The van der Waals surface area contributed by atoms with Gasteiger partial charge < -0.3 is 15.1 Å². The monoisotopic (exact) mass is 429 g/mol. The summed E-state index contributed by atoms with van der Waals surface area (Å²) in [6, 6.07) is 26.6. The molecule has 31 heavy (non-hydrogen) atoms. The molecule has 0 aliphatic carbocycles. The summed E-state index contributed by atoms with van der Waals surface area (Å²) in [5.41, 5.74) is 3.35. The summed E-state index contributed by atoms with van der Waals surface area (Å²) in [6.45, 7) is 4.27. The average Bonchev–Trinajstić information content (AvgIpc) is 2.83. The molecule has 3 aromatic carbocycles. The molecule has 5 nitrogen and oxygen atoms in total. The van der Waals surface area contributed by atoms with Crippen LogP contribution in [0.1, 0.15) is 5.56 Å². The highest BCUT2D eigenvalue weighted by molar-refractivity contribution is 6.30. The lowest BCUT2D eigenvalue weighted by molar-refractivity contribution is 0.641. The molecule has 1 saturated heterocycles. The maximum atomic E-state index is 6.17. The van der Waals surface area contributed by atoms with Crippen molar-refractivity contribution in [3.8, 4) is 0 Å². The van der Waals surface area contributed by atoms with Crippen molar-refractivity contribution >= 4 is 40.0 Å². The first-order valence-electron chi connectivity index (χ1n) is 10.6. The predicted octanol–water partition coefficient (Wildman–Crippen LogP) is 5.22. The van der Waals surface area contributed by atoms with Gasteiger partial charge in [0.05, 0.1) is 5.52 Å². The number of aromatic nitrogens is 2. The third-order valence-electron chi connectivity index (χ3n) is 5.63. The molecule has 1 aliphatic rings. The zero-order valence-corrected chi connectivity index (χ0v) is 18.0. The second-order valence-corrected chi connectivity index (χ2v) is 8.12. The number of nitrogens with zero attached hydrogens (tertiary/aromatic N) is 4. The van der Waals surface area contributed by atoms with E-state index in [1.165, 1.54) is 5.56 Å². The fraction of sp³-hybridized carbons (Fsp3) is 0.200. The fourth-order valence-corrected chi connectivity index (χ4v) is 4.14. The van der Waals surface area contributed by atoms with Crippen LogP contribution in [0.4, 0.5) is 17.5 Å². The van der Waals surface area contributed by atoms with E-state index >= 15 is 0 Å². The fourth-order valence-electron chi connectivity index (χ4n) is 3.96. The molecule has 0 unspecified atom stereocenters. The average molecular weight is 430 g/mol. The molecule has 1 N–H and O–H groups in total. The number of rotatable bonds is 5. The van der Waals surface area contributed by atoms with E-state index in [9.17, 15) is 0 Å².